The molecule has 0 aromatic heterocycles. The molecule has 0 spiro atoms. The van der Waals surface area contributed by atoms with Crippen molar-refractivity contribution in [1.29, 1.82) is 0 Å². The summed E-state index contributed by atoms with van der Waals surface area (Å²) in [6, 6.07) is 7.23. The van der Waals surface area contributed by atoms with Crippen LogP contribution in [0.2, 0.25) is 0 Å². The Hall–Kier alpha value is -1.69. The van der Waals surface area contributed by atoms with Crippen LogP contribution in [0.4, 0.5) is 13.6 Å². The molecule has 2 N–H and O–H groups in total. The summed E-state index contributed by atoms with van der Waals surface area (Å²) >= 11 is 0. The minimum atomic E-state index is -2.83. The van der Waals surface area contributed by atoms with Gasteiger partial charge in [0.15, 0.2) is 0 Å². The van der Waals surface area contributed by atoms with Gasteiger partial charge in [-0.3, -0.25) is 0 Å². The van der Waals surface area contributed by atoms with Gasteiger partial charge in [-0.05, 0) is 5.56 Å². The molecule has 0 saturated heterocycles. The van der Waals surface area contributed by atoms with E-state index in [0.29, 0.717) is 0 Å². The Morgan fingerprint density at radius 1 is 1.35 bits per heavy atom. The highest BCUT2D eigenvalue weighted by Gasteiger charge is 2.21. The molecule has 94 valence electrons. The summed E-state index contributed by atoms with van der Waals surface area (Å²) in [6.45, 7) is -0.841. The molecule has 0 fully saturated rings. The van der Waals surface area contributed by atoms with Crippen LogP contribution in [0.5, 0.6) is 0 Å². The zero-order valence-corrected chi connectivity index (χ0v) is 8.98. The van der Waals surface area contributed by atoms with Crippen molar-refractivity contribution in [3.8, 4) is 0 Å². The summed E-state index contributed by atoms with van der Waals surface area (Å²) in [6.07, 6.45) is -3.81. The Balaban J connectivity index is 2.35. The van der Waals surface area contributed by atoms with E-state index in [1.54, 1.807) is 24.3 Å². The first kappa shape index (κ1) is 13.4. The molecule has 0 aliphatic carbocycles. The van der Waals surface area contributed by atoms with E-state index >= 15 is 0 Å². The van der Waals surface area contributed by atoms with E-state index in [1.807, 2.05) is 11.4 Å². The summed E-state index contributed by atoms with van der Waals surface area (Å²) in [5, 5.41) is 10.5. The van der Waals surface area contributed by atoms with Crippen LogP contribution in [0.15, 0.2) is 30.3 Å². The first-order valence-electron chi connectivity index (χ1n) is 4.99. The average Bonchev–Trinajstić information content (AvgIpc) is 2.34. The predicted octanol–water partition coefficient (Wildman–Crippen LogP) is 1.54. The number of hydrogen-bond acceptors (Lipinski definition) is 3. The minimum absolute atomic E-state index is 0.00589. The fraction of sp³-hybridized carbons (Fsp3) is 0.364. The summed E-state index contributed by atoms with van der Waals surface area (Å²) in [7, 11) is 0. The molecule has 1 amide bonds. The highest BCUT2D eigenvalue weighted by molar-refractivity contribution is 5.67. The Morgan fingerprint density at radius 2 is 2.00 bits per heavy atom. The number of aliphatic hydroxyl groups is 1. The van der Waals surface area contributed by atoms with Crippen LogP contribution in [-0.4, -0.2) is 30.3 Å². The lowest BCUT2D eigenvalue weighted by Crippen LogP contribution is -2.42. The average molecular weight is 245 g/mol. The van der Waals surface area contributed by atoms with Gasteiger partial charge in [0.1, 0.15) is 12.6 Å². The van der Waals surface area contributed by atoms with Crippen molar-refractivity contribution in [2.24, 2.45) is 0 Å². The van der Waals surface area contributed by atoms with Crippen LogP contribution in [0.25, 0.3) is 0 Å². The van der Waals surface area contributed by atoms with E-state index in [1.165, 1.54) is 0 Å². The van der Waals surface area contributed by atoms with Crippen molar-refractivity contribution in [2.45, 2.75) is 19.1 Å². The highest BCUT2D eigenvalue weighted by atomic mass is 19.3. The molecule has 4 nitrogen and oxygen atoms in total. The van der Waals surface area contributed by atoms with E-state index in [0.717, 1.165) is 5.56 Å². The summed E-state index contributed by atoms with van der Waals surface area (Å²) in [5.41, 5.74) is 0.750. The molecule has 6 heteroatoms. The largest absolute Gasteiger partial charge is 0.445 e. The van der Waals surface area contributed by atoms with Gasteiger partial charge in [-0.2, -0.15) is 0 Å². The van der Waals surface area contributed by atoms with Gasteiger partial charge < -0.3 is 15.2 Å². The standard InChI is InChI=1S/C11H13F2NO3/c12-10(13)9(6-15)14-11(16)17-7-8-4-2-1-3-5-8/h1-5,9-10,15H,6-7H2,(H,14,16)/t9-/m0/s1. The molecule has 0 aliphatic heterocycles. The van der Waals surface area contributed by atoms with Crippen molar-refractivity contribution in [3.63, 3.8) is 0 Å². The maximum absolute atomic E-state index is 12.2. The minimum Gasteiger partial charge on any atom is -0.445 e. The molecule has 1 rings (SSSR count). The maximum Gasteiger partial charge on any atom is 0.407 e. The monoisotopic (exact) mass is 245 g/mol. The van der Waals surface area contributed by atoms with E-state index < -0.39 is 25.2 Å². The van der Waals surface area contributed by atoms with Crippen LogP contribution in [0.1, 0.15) is 5.56 Å². The third kappa shape index (κ3) is 4.78. The van der Waals surface area contributed by atoms with E-state index in [-0.39, 0.29) is 6.61 Å². The van der Waals surface area contributed by atoms with Crippen molar-refractivity contribution in [2.75, 3.05) is 6.61 Å². The van der Waals surface area contributed by atoms with Crippen LogP contribution >= 0.6 is 0 Å². The second-order valence-corrected chi connectivity index (χ2v) is 3.33. The van der Waals surface area contributed by atoms with Gasteiger partial charge in [-0.1, -0.05) is 30.3 Å². The fourth-order valence-corrected chi connectivity index (χ4v) is 1.10. The van der Waals surface area contributed by atoms with Gasteiger partial charge in [0.2, 0.25) is 0 Å². The molecule has 0 heterocycles. The lowest BCUT2D eigenvalue weighted by molar-refractivity contribution is 0.0570. The van der Waals surface area contributed by atoms with Gasteiger partial charge in [0.25, 0.3) is 6.43 Å². The maximum atomic E-state index is 12.2. The van der Waals surface area contributed by atoms with Crippen molar-refractivity contribution >= 4 is 6.09 Å². The van der Waals surface area contributed by atoms with E-state index in [4.69, 9.17) is 9.84 Å². The molecule has 1 aromatic carbocycles. The molecule has 17 heavy (non-hydrogen) atoms. The number of halogens is 2. The Bertz CT molecular complexity index is 346. The number of alkyl carbamates (subject to hydrolysis) is 1. The molecule has 0 unspecified atom stereocenters. The number of carbonyl (C=O) groups is 1. The number of amides is 1. The number of aliphatic hydroxyl groups excluding tert-OH is 1. The summed E-state index contributed by atoms with van der Waals surface area (Å²) < 4.78 is 29.1. The highest BCUT2D eigenvalue weighted by Crippen LogP contribution is 2.03. The number of nitrogens with one attached hydrogen (secondary N) is 1. The Labute approximate surface area is 97.2 Å². The molecular formula is C11H13F2NO3. The third-order valence-electron chi connectivity index (χ3n) is 2.02. The van der Waals surface area contributed by atoms with Gasteiger partial charge >= 0.3 is 6.09 Å². The summed E-state index contributed by atoms with van der Waals surface area (Å²) in [5.74, 6) is 0. The van der Waals surface area contributed by atoms with Crippen LogP contribution in [-0.2, 0) is 11.3 Å². The molecule has 1 aromatic rings. The number of hydrogen-bond donors (Lipinski definition) is 2. The van der Waals surface area contributed by atoms with Crippen LogP contribution in [0, 0.1) is 0 Å². The zero-order valence-electron chi connectivity index (χ0n) is 8.98. The fourth-order valence-electron chi connectivity index (χ4n) is 1.10. The van der Waals surface area contributed by atoms with Gasteiger partial charge in [-0.25, -0.2) is 13.6 Å². The second kappa shape index (κ2) is 6.80. The van der Waals surface area contributed by atoms with E-state index in [9.17, 15) is 13.6 Å². The molecule has 0 radical (unpaired) electrons. The second-order valence-electron chi connectivity index (χ2n) is 3.33. The van der Waals surface area contributed by atoms with Crippen LogP contribution < -0.4 is 5.32 Å². The number of rotatable bonds is 5. The van der Waals surface area contributed by atoms with Crippen LogP contribution in [0.3, 0.4) is 0 Å². The zero-order chi connectivity index (χ0) is 12.7. The molecule has 1 atom stereocenters. The number of ether oxygens (including phenoxy) is 1. The Kier molecular flexibility index (Phi) is 5.35. The van der Waals surface area contributed by atoms with E-state index in [2.05, 4.69) is 0 Å². The van der Waals surface area contributed by atoms with Crippen molar-refractivity contribution < 1.29 is 23.4 Å². The predicted molar refractivity (Wildman–Crippen MR) is 56.6 cm³/mol. The molecule has 0 bridgehead atoms. The SMILES string of the molecule is O=C(N[C@@H](CO)C(F)F)OCc1ccccc1. The lowest BCUT2D eigenvalue weighted by atomic mass is 10.2. The topological polar surface area (TPSA) is 58.6 Å². The van der Waals surface area contributed by atoms with Crippen molar-refractivity contribution in [3.05, 3.63) is 35.9 Å². The molecule has 0 saturated carbocycles. The molecular weight excluding hydrogens is 232 g/mol. The normalized spacial score (nSPS) is 12.2. The lowest BCUT2D eigenvalue weighted by Gasteiger charge is -2.14. The summed E-state index contributed by atoms with van der Waals surface area (Å²) in [4.78, 5) is 11.1. The molecule has 0 aliphatic rings. The quantitative estimate of drug-likeness (QED) is 0.827. The van der Waals surface area contributed by atoms with Gasteiger partial charge in [0.05, 0.1) is 6.61 Å². The van der Waals surface area contributed by atoms with Crippen molar-refractivity contribution in [1.82, 2.24) is 5.32 Å². The third-order valence-corrected chi connectivity index (χ3v) is 2.02. The van der Waals surface area contributed by atoms with Gasteiger partial charge in [-0.15, -0.1) is 0 Å². The number of carbonyl (C=O) groups excluding carboxylic acids is 1. The first-order valence-corrected chi connectivity index (χ1v) is 4.99. The number of benzene rings is 1. The van der Waals surface area contributed by atoms with Gasteiger partial charge in [0, 0.05) is 0 Å². The number of alkyl halides is 2. The smallest absolute Gasteiger partial charge is 0.407 e. The Morgan fingerprint density at radius 3 is 2.53 bits per heavy atom. The first-order chi connectivity index (χ1) is 8.13.